The summed E-state index contributed by atoms with van der Waals surface area (Å²) in [5.41, 5.74) is 2.80. The van der Waals surface area contributed by atoms with Crippen molar-refractivity contribution in [1.29, 1.82) is 0 Å². The Balaban J connectivity index is 4.14. The molecule has 0 aliphatic carbocycles. The van der Waals surface area contributed by atoms with Crippen LogP contribution in [0.4, 0.5) is 0 Å². The Kier molecular flexibility index (Phi) is 9.92. The zero-order valence-electron chi connectivity index (χ0n) is 11.2. The van der Waals surface area contributed by atoms with Crippen molar-refractivity contribution in [3.8, 4) is 0 Å². The van der Waals surface area contributed by atoms with Crippen molar-refractivity contribution in [3.63, 3.8) is 0 Å². The lowest BCUT2D eigenvalue weighted by molar-refractivity contribution is -0.126. The molecular formula is C12H28N2O2. The van der Waals surface area contributed by atoms with Crippen LogP contribution in [0.3, 0.4) is 0 Å². The normalized spacial score (nSPS) is 15.4. The van der Waals surface area contributed by atoms with Gasteiger partial charge in [-0.25, -0.2) is 0 Å². The first-order valence-corrected chi connectivity index (χ1v) is 6.25. The molecule has 4 heteroatoms. The molecule has 4 nitrogen and oxygen atoms in total. The van der Waals surface area contributed by atoms with Gasteiger partial charge in [0, 0.05) is 14.2 Å². The molecular weight excluding hydrogens is 204 g/mol. The van der Waals surface area contributed by atoms with Crippen molar-refractivity contribution in [1.82, 2.24) is 5.43 Å². The first-order valence-electron chi connectivity index (χ1n) is 6.25. The molecule has 3 N–H and O–H groups in total. The van der Waals surface area contributed by atoms with Crippen molar-refractivity contribution in [2.45, 2.75) is 58.3 Å². The summed E-state index contributed by atoms with van der Waals surface area (Å²) in [4.78, 5) is 0. The van der Waals surface area contributed by atoms with Gasteiger partial charge in [-0.2, -0.15) is 0 Å². The van der Waals surface area contributed by atoms with E-state index < -0.39 is 0 Å². The third-order valence-corrected chi connectivity index (χ3v) is 3.14. The van der Waals surface area contributed by atoms with E-state index in [2.05, 4.69) is 19.3 Å². The zero-order valence-corrected chi connectivity index (χ0v) is 11.2. The Bertz CT molecular complexity index is 152. The van der Waals surface area contributed by atoms with Gasteiger partial charge >= 0.3 is 0 Å². The molecule has 0 rings (SSSR count). The van der Waals surface area contributed by atoms with E-state index >= 15 is 0 Å². The summed E-state index contributed by atoms with van der Waals surface area (Å²) in [6.45, 7) is 4.45. The number of nitrogens with two attached hydrogens (primary N) is 1. The standard InChI is InChI=1S/C12H28N2O2/c1-5-7-8-10(6-2)9-11(14-13)12(15-3)16-4/h10-12,14H,5-9,13H2,1-4H3. The van der Waals surface area contributed by atoms with Crippen LogP contribution in [0, 0.1) is 5.92 Å². The van der Waals surface area contributed by atoms with E-state index in [9.17, 15) is 0 Å². The maximum Gasteiger partial charge on any atom is 0.173 e. The molecule has 0 aliphatic rings. The molecule has 0 spiro atoms. The highest BCUT2D eigenvalue weighted by atomic mass is 16.7. The molecule has 0 aliphatic heterocycles. The summed E-state index contributed by atoms with van der Waals surface area (Å²) in [7, 11) is 3.29. The molecule has 0 aromatic carbocycles. The van der Waals surface area contributed by atoms with Gasteiger partial charge in [0.2, 0.25) is 0 Å². The van der Waals surface area contributed by atoms with Crippen LogP contribution in [-0.2, 0) is 9.47 Å². The third-order valence-electron chi connectivity index (χ3n) is 3.14. The minimum Gasteiger partial charge on any atom is -0.354 e. The number of hydrogen-bond donors (Lipinski definition) is 2. The molecule has 16 heavy (non-hydrogen) atoms. The van der Waals surface area contributed by atoms with Gasteiger partial charge in [0.05, 0.1) is 6.04 Å². The van der Waals surface area contributed by atoms with Crippen LogP contribution < -0.4 is 11.3 Å². The van der Waals surface area contributed by atoms with Crippen molar-refractivity contribution in [2.75, 3.05) is 14.2 Å². The molecule has 0 radical (unpaired) electrons. The summed E-state index contributed by atoms with van der Waals surface area (Å²) in [5.74, 6) is 6.24. The Morgan fingerprint density at radius 1 is 1.19 bits per heavy atom. The second-order valence-electron chi connectivity index (χ2n) is 4.27. The van der Waals surface area contributed by atoms with E-state index in [0.29, 0.717) is 5.92 Å². The molecule has 0 saturated carbocycles. The summed E-state index contributed by atoms with van der Waals surface area (Å²) in [5, 5.41) is 0. The number of unbranched alkanes of at least 4 members (excludes halogenated alkanes) is 1. The fourth-order valence-corrected chi connectivity index (χ4v) is 2.02. The lowest BCUT2D eigenvalue weighted by Crippen LogP contribution is -2.46. The van der Waals surface area contributed by atoms with E-state index in [-0.39, 0.29) is 12.3 Å². The Labute approximate surface area is 99.8 Å². The van der Waals surface area contributed by atoms with Crippen LogP contribution in [0.2, 0.25) is 0 Å². The number of rotatable bonds is 10. The van der Waals surface area contributed by atoms with Crippen molar-refractivity contribution >= 4 is 0 Å². The fourth-order valence-electron chi connectivity index (χ4n) is 2.02. The van der Waals surface area contributed by atoms with E-state index in [0.717, 1.165) is 6.42 Å². The van der Waals surface area contributed by atoms with Gasteiger partial charge in [-0.05, 0) is 12.3 Å². The minimum absolute atomic E-state index is 0.0665. The average Bonchev–Trinajstić information content (AvgIpc) is 2.33. The maximum absolute atomic E-state index is 5.55. The summed E-state index contributed by atoms with van der Waals surface area (Å²) < 4.78 is 10.5. The van der Waals surface area contributed by atoms with Gasteiger partial charge < -0.3 is 9.47 Å². The SMILES string of the molecule is CCCCC(CC)CC(NN)C(OC)OC. The third kappa shape index (κ3) is 5.80. The molecule has 98 valence electrons. The number of methoxy groups -OCH3 is 2. The molecule has 2 unspecified atom stereocenters. The number of ether oxygens (including phenoxy) is 2. The van der Waals surface area contributed by atoms with Gasteiger partial charge in [0.25, 0.3) is 0 Å². The average molecular weight is 232 g/mol. The second-order valence-corrected chi connectivity index (χ2v) is 4.27. The van der Waals surface area contributed by atoms with E-state index in [1.807, 2.05) is 0 Å². The van der Waals surface area contributed by atoms with Crippen LogP contribution in [0.1, 0.15) is 46.0 Å². The lowest BCUT2D eigenvalue weighted by atomic mass is 9.92. The Hall–Kier alpha value is -0.160. The lowest BCUT2D eigenvalue weighted by Gasteiger charge is -2.27. The molecule has 0 amide bonds. The Morgan fingerprint density at radius 2 is 1.81 bits per heavy atom. The first-order chi connectivity index (χ1) is 7.73. The quantitative estimate of drug-likeness (QED) is 0.344. The van der Waals surface area contributed by atoms with Gasteiger partial charge in [-0.3, -0.25) is 11.3 Å². The van der Waals surface area contributed by atoms with Crippen LogP contribution in [0.5, 0.6) is 0 Å². The number of hydrogen-bond acceptors (Lipinski definition) is 4. The van der Waals surface area contributed by atoms with E-state index in [4.69, 9.17) is 15.3 Å². The molecule has 0 saturated heterocycles. The highest BCUT2D eigenvalue weighted by molar-refractivity contribution is 4.72. The summed E-state index contributed by atoms with van der Waals surface area (Å²) in [6.07, 6.45) is 5.69. The van der Waals surface area contributed by atoms with Crippen LogP contribution in [-0.4, -0.2) is 26.6 Å². The molecule has 0 aromatic heterocycles. The maximum atomic E-state index is 5.55. The van der Waals surface area contributed by atoms with Gasteiger partial charge in [-0.1, -0.05) is 39.5 Å². The van der Waals surface area contributed by atoms with Gasteiger partial charge in [0.1, 0.15) is 0 Å². The van der Waals surface area contributed by atoms with Gasteiger partial charge in [0.15, 0.2) is 6.29 Å². The number of nitrogens with one attached hydrogen (secondary N) is 1. The molecule has 0 aromatic rings. The van der Waals surface area contributed by atoms with Crippen LogP contribution in [0.25, 0.3) is 0 Å². The van der Waals surface area contributed by atoms with Crippen molar-refractivity contribution in [2.24, 2.45) is 11.8 Å². The first kappa shape index (κ1) is 15.8. The Morgan fingerprint density at radius 3 is 2.19 bits per heavy atom. The molecule has 0 heterocycles. The largest absolute Gasteiger partial charge is 0.354 e. The second kappa shape index (κ2) is 10.0. The molecule has 0 fully saturated rings. The zero-order chi connectivity index (χ0) is 12.4. The predicted octanol–water partition coefficient (Wildman–Crippen LogP) is 2.04. The summed E-state index contributed by atoms with van der Waals surface area (Å²) in [6, 6.07) is 0.0665. The summed E-state index contributed by atoms with van der Waals surface area (Å²) >= 11 is 0. The molecule has 0 bridgehead atoms. The van der Waals surface area contributed by atoms with E-state index in [1.165, 1.54) is 25.7 Å². The fraction of sp³-hybridized carbons (Fsp3) is 1.00. The molecule has 2 atom stereocenters. The number of hydrazine groups is 1. The van der Waals surface area contributed by atoms with Gasteiger partial charge in [-0.15, -0.1) is 0 Å². The van der Waals surface area contributed by atoms with Crippen LogP contribution in [0.15, 0.2) is 0 Å². The van der Waals surface area contributed by atoms with Crippen molar-refractivity contribution in [3.05, 3.63) is 0 Å². The monoisotopic (exact) mass is 232 g/mol. The van der Waals surface area contributed by atoms with Crippen molar-refractivity contribution < 1.29 is 9.47 Å². The van der Waals surface area contributed by atoms with Crippen LogP contribution >= 0.6 is 0 Å². The highest BCUT2D eigenvalue weighted by Crippen LogP contribution is 2.20. The minimum atomic E-state index is -0.263. The topological polar surface area (TPSA) is 56.5 Å². The highest BCUT2D eigenvalue weighted by Gasteiger charge is 2.22. The predicted molar refractivity (Wildman–Crippen MR) is 66.8 cm³/mol. The van der Waals surface area contributed by atoms with E-state index in [1.54, 1.807) is 14.2 Å². The smallest absolute Gasteiger partial charge is 0.173 e.